The maximum Gasteiger partial charge on any atom is 0.240 e. The first-order valence-electron chi connectivity index (χ1n) is 7.80. The average molecular weight is 322 g/mol. The van der Waals surface area contributed by atoms with Crippen molar-refractivity contribution in [3.8, 4) is 0 Å². The third kappa shape index (κ3) is 3.17. The zero-order valence-electron chi connectivity index (χ0n) is 13.0. The molecule has 1 aliphatic heterocycles. The van der Waals surface area contributed by atoms with E-state index >= 15 is 0 Å². The molecule has 120 valence electrons. The Bertz CT molecular complexity index is 693. The van der Waals surface area contributed by atoms with Gasteiger partial charge in [-0.05, 0) is 56.4 Å². The van der Waals surface area contributed by atoms with Gasteiger partial charge in [-0.2, -0.15) is 0 Å². The highest BCUT2D eigenvalue weighted by atomic mass is 32.2. The van der Waals surface area contributed by atoms with Crippen molar-refractivity contribution in [2.75, 3.05) is 6.54 Å². The van der Waals surface area contributed by atoms with Gasteiger partial charge in [0.15, 0.2) is 0 Å². The first-order valence-corrected chi connectivity index (χ1v) is 9.28. The number of hydrogen-bond acceptors (Lipinski definition) is 3. The number of nitrogens with zero attached hydrogens (tertiary/aromatic N) is 1. The predicted octanol–water partition coefficient (Wildman–Crippen LogP) is 1.67. The van der Waals surface area contributed by atoms with E-state index in [2.05, 4.69) is 4.72 Å². The van der Waals surface area contributed by atoms with Gasteiger partial charge in [0.05, 0.1) is 4.90 Å². The van der Waals surface area contributed by atoms with Crippen LogP contribution < -0.4 is 4.72 Å². The fourth-order valence-corrected chi connectivity index (χ4v) is 4.16. The minimum Gasteiger partial charge on any atom is -0.338 e. The van der Waals surface area contributed by atoms with Crippen molar-refractivity contribution < 1.29 is 13.2 Å². The molecular formula is C16H22N2O3S. The lowest BCUT2D eigenvalue weighted by Gasteiger charge is -2.29. The van der Waals surface area contributed by atoms with Crippen LogP contribution in [0.5, 0.6) is 0 Å². The molecule has 0 bridgehead atoms. The molecule has 0 atom stereocenters. The lowest BCUT2D eigenvalue weighted by atomic mass is 9.99. The number of nitrogens with one attached hydrogen (secondary N) is 1. The molecule has 1 heterocycles. The van der Waals surface area contributed by atoms with E-state index in [9.17, 15) is 13.2 Å². The Labute approximate surface area is 131 Å². The van der Waals surface area contributed by atoms with E-state index in [1.165, 1.54) is 0 Å². The summed E-state index contributed by atoms with van der Waals surface area (Å²) < 4.78 is 27.1. The largest absolute Gasteiger partial charge is 0.338 e. The SMILES string of the molecule is CC(C)NS(=O)(=O)c1ccc2c(c1)CN(C(=O)C1CC1)CC2. The molecule has 1 saturated carbocycles. The predicted molar refractivity (Wildman–Crippen MR) is 83.7 cm³/mol. The molecular weight excluding hydrogens is 300 g/mol. The van der Waals surface area contributed by atoms with Crippen molar-refractivity contribution in [1.29, 1.82) is 0 Å². The Balaban J connectivity index is 1.84. The van der Waals surface area contributed by atoms with Crippen molar-refractivity contribution in [2.24, 2.45) is 5.92 Å². The van der Waals surface area contributed by atoms with Crippen molar-refractivity contribution in [3.63, 3.8) is 0 Å². The molecule has 3 rings (SSSR count). The van der Waals surface area contributed by atoms with Crippen molar-refractivity contribution in [1.82, 2.24) is 9.62 Å². The molecule has 1 aliphatic carbocycles. The molecule has 0 radical (unpaired) electrons. The summed E-state index contributed by atoms with van der Waals surface area (Å²) in [5, 5.41) is 0. The number of carbonyl (C=O) groups is 1. The second-order valence-corrected chi connectivity index (χ2v) is 8.20. The Morgan fingerprint density at radius 2 is 2.00 bits per heavy atom. The second-order valence-electron chi connectivity index (χ2n) is 6.49. The van der Waals surface area contributed by atoms with Crippen LogP contribution in [-0.4, -0.2) is 31.8 Å². The number of benzene rings is 1. The summed E-state index contributed by atoms with van der Waals surface area (Å²) in [6, 6.07) is 5.10. The van der Waals surface area contributed by atoms with Crippen LogP contribution in [0.1, 0.15) is 37.8 Å². The maximum absolute atomic E-state index is 12.3. The summed E-state index contributed by atoms with van der Waals surface area (Å²) in [5.74, 6) is 0.426. The van der Waals surface area contributed by atoms with Crippen LogP contribution in [0.4, 0.5) is 0 Å². The molecule has 2 aliphatic rings. The summed E-state index contributed by atoms with van der Waals surface area (Å²) in [6.07, 6.45) is 2.79. The molecule has 22 heavy (non-hydrogen) atoms. The van der Waals surface area contributed by atoms with E-state index < -0.39 is 10.0 Å². The molecule has 5 nitrogen and oxygen atoms in total. The number of rotatable bonds is 4. The molecule has 0 unspecified atom stereocenters. The van der Waals surface area contributed by atoms with Gasteiger partial charge in [0, 0.05) is 25.0 Å². The average Bonchev–Trinajstić information content (AvgIpc) is 3.28. The van der Waals surface area contributed by atoms with E-state index in [0.717, 1.165) is 36.9 Å². The van der Waals surface area contributed by atoms with Crippen LogP contribution in [0.15, 0.2) is 23.1 Å². The quantitative estimate of drug-likeness (QED) is 0.917. The molecule has 1 N–H and O–H groups in total. The van der Waals surface area contributed by atoms with E-state index in [-0.39, 0.29) is 22.8 Å². The topological polar surface area (TPSA) is 66.5 Å². The first kappa shape index (κ1) is 15.5. The monoisotopic (exact) mass is 322 g/mol. The number of hydrogen-bond donors (Lipinski definition) is 1. The highest BCUT2D eigenvalue weighted by Gasteiger charge is 2.34. The van der Waals surface area contributed by atoms with Gasteiger partial charge in [0.2, 0.25) is 15.9 Å². The van der Waals surface area contributed by atoms with Gasteiger partial charge in [-0.25, -0.2) is 13.1 Å². The minimum atomic E-state index is -3.49. The fourth-order valence-electron chi connectivity index (χ4n) is 2.86. The normalized spacial score (nSPS) is 18.4. The van der Waals surface area contributed by atoms with E-state index in [4.69, 9.17) is 0 Å². The maximum atomic E-state index is 12.3. The molecule has 1 aromatic rings. The van der Waals surface area contributed by atoms with Gasteiger partial charge in [0.25, 0.3) is 0 Å². The van der Waals surface area contributed by atoms with Crippen LogP contribution in [0, 0.1) is 5.92 Å². The van der Waals surface area contributed by atoms with Crippen molar-refractivity contribution in [3.05, 3.63) is 29.3 Å². The molecule has 0 saturated heterocycles. The van der Waals surface area contributed by atoms with Crippen LogP contribution in [-0.2, 0) is 27.8 Å². The zero-order valence-corrected chi connectivity index (χ0v) is 13.8. The Morgan fingerprint density at radius 1 is 1.27 bits per heavy atom. The fraction of sp³-hybridized carbons (Fsp3) is 0.562. The highest BCUT2D eigenvalue weighted by molar-refractivity contribution is 7.89. The van der Waals surface area contributed by atoms with Crippen molar-refractivity contribution in [2.45, 2.75) is 50.6 Å². The molecule has 0 aromatic heterocycles. The van der Waals surface area contributed by atoms with Gasteiger partial charge in [-0.15, -0.1) is 0 Å². The lowest BCUT2D eigenvalue weighted by Crippen LogP contribution is -2.37. The summed E-state index contributed by atoms with van der Waals surface area (Å²) in [7, 11) is -3.49. The van der Waals surface area contributed by atoms with Gasteiger partial charge >= 0.3 is 0 Å². The van der Waals surface area contributed by atoms with E-state index in [1.807, 2.05) is 11.0 Å². The van der Waals surface area contributed by atoms with Crippen LogP contribution in [0.2, 0.25) is 0 Å². The smallest absolute Gasteiger partial charge is 0.240 e. The minimum absolute atomic E-state index is 0.144. The Morgan fingerprint density at radius 3 is 2.64 bits per heavy atom. The van der Waals surface area contributed by atoms with Crippen molar-refractivity contribution >= 4 is 15.9 Å². The number of fused-ring (bicyclic) bond motifs is 1. The molecule has 1 aromatic carbocycles. The highest BCUT2D eigenvalue weighted by Crippen LogP contribution is 2.33. The number of amides is 1. The Kier molecular flexibility index (Phi) is 3.99. The van der Waals surface area contributed by atoms with Gasteiger partial charge in [-0.1, -0.05) is 6.07 Å². The molecule has 1 fully saturated rings. The first-order chi connectivity index (χ1) is 10.4. The van der Waals surface area contributed by atoms with E-state index in [1.54, 1.807) is 26.0 Å². The molecule has 0 spiro atoms. The standard InChI is InChI=1S/C16H22N2O3S/c1-11(2)17-22(20,21)15-6-5-12-7-8-18(10-14(12)9-15)16(19)13-3-4-13/h5-6,9,11,13,17H,3-4,7-8,10H2,1-2H3. The third-order valence-electron chi connectivity index (χ3n) is 4.13. The van der Waals surface area contributed by atoms with Gasteiger partial charge in [-0.3, -0.25) is 4.79 Å². The van der Waals surface area contributed by atoms with Crippen LogP contribution >= 0.6 is 0 Å². The second kappa shape index (κ2) is 5.66. The third-order valence-corrected chi connectivity index (χ3v) is 5.79. The van der Waals surface area contributed by atoms with Crippen LogP contribution in [0.3, 0.4) is 0 Å². The van der Waals surface area contributed by atoms with Crippen LogP contribution in [0.25, 0.3) is 0 Å². The van der Waals surface area contributed by atoms with Gasteiger partial charge in [0.1, 0.15) is 0 Å². The summed E-state index contributed by atoms with van der Waals surface area (Å²) in [6.45, 7) is 4.85. The zero-order chi connectivity index (χ0) is 15.9. The summed E-state index contributed by atoms with van der Waals surface area (Å²) in [5.41, 5.74) is 2.09. The Hall–Kier alpha value is -1.40. The number of carbonyl (C=O) groups excluding carboxylic acids is 1. The summed E-state index contributed by atoms with van der Waals surface area (Å²) in [4.78, 5) is 14.3. The lowest BCUT2D eigenvalue weighted by molar-refractivity contribution is -0.133. The van der Waals surface area contributed by atoms with Gasteiger partial charge < -0.3 is 4.90 Å². The molecule has 6 heteroatoms. The number of sulfonamides is 1. The van der Waals surface area contributed by atoms with E-state index in [0.29, 0.717) is 6.54 Å². The summed E-state index contributed by atoms with van der Waals surface area (Å²) >= 11 is 0. The molecule has 1 amide bonds.